The van der Waals surface area contributed by atoms with E-state index < -0.39 is 0 Å². The van der Waals surface area contributed by atoms with Crippen LogP contribution in [0.3, 0.4) is 0 Å². The van der Waals surface area contributed by atoms with Crippen LogP contribution in [-0.4, -0.2) is 26.4 Å². The molecule has 0 heterocycles. The van der Waals surface area contributed by atoms with Crippen LogP contribution in [0.1, 0.15) is 55.4 Å². The molecule has 0 saturated heterocycles. The molecule has 2 nitrogen and oxygen atoms in total. The van der Waals surface area contributed by atoms with E-state index in [1.807, 2.05) is 13.8 Å². The molecule has 0 aromatic heterocycles. The van der Waals surface area contributed by atoms with E-state index in [1.54, 1.807) is 0 Å². The highest BCUT2D eigenvalue weighted by Gasteiger charge is 2.14. The molecule has 0 bridgehead atoms. The summed E-state index contributed by atoms with van der Waals surface area (Å²) in [5.41, 5.74) is 0.594. The molecule has 0 aliphatic rings. The van der Waals surface area contributed by atoms with Gasteiger partial charge in [0.15, 0.2) is 0 Å². The van der Waals surface area contributed by atoms with Crippen LogP contribution in [0.5, 0.6) is 0 Å². The van der Waals surface area contributed by atoms with Crippen LogP contribution in [0.25, 0.3) is 0 Å². The summed E-state index contributed by atoms with van der Waals surface area (Å²) in [4.78, 5) is 0. The Labute approximate surface area is 103 Å². The fourth-order valence-electron chi connectivity index (χ4n) is 0.868. The zero-order chi connectivity index (χ0) is 13.2. The van der Waals surface area contributed by atoms with Gasteiger partial charge in [0.05, 0.1) is 13.2 Å². The highest BCUT2D eigenvalue weighted by atomic mass is 16.5. The standard InChI is InChI=1S/C10H22O.C4H10O/c1-9(2,3)7-11-8-10(4,5)6;1-3-5-4-2/h7-8H2,1-6H3;3-4H2,1-2H3. The van der Waals surface area contributed by atoms with E-state index in [2.05, 4.69) is 41.5 Å². The maximum Gasteiger partial charge on any atom is 0.0514 e. The lowest BCUT2D eigenvalue weighted by Gasteiger charge is -2.23. The molecule has 0 N–H and O–H groups in total. The number of ether oxygens (including phenoxy) is 2. The van der Waals surface area contributed by atoms with E-state index in [9.17, 15) is 0 Å². The van der Waals surface area contributed by atoms with Gasteiger partial charge in [-0.3, -0.25) is 0 Å². The van der Waals surface area contributed by atoms with Gasteiger partial charge in [-0.1, -0.05) is 41.5 Å². The first kappa shape index (κ1) is 18.3. The summed E-state index contributed by atoms with van der Waals surface area (Å²) >= 11 is 0. The molecule has 0 aromatic carbocycles. The molecule has 0 aliphatic carbocycles. The lowest BCUT2D eigenvalue weighted by atomic mass is 9.97. The lowest BCUT2D eigenvalue weighted by molar-refractivity contribution is 0.0275. The zero-order valence-electron chi connectivity index (χ0n) is 12.6. The van der Waals surface area contributed by atoms with Crippen molar-refractivity contribution in [3.63, 3.8) is 0 Å². The second-order valence-electron chi connectivity index (χ2n) is 6.40. The van der Waals surface area contributed by atoms with E-state index >= 15 is 0 Å². The molecule has 100 valence electrons. The summed E-state index contributed by atoms with van der Waals surface area (Å²) in [6, 6.07) is 0. The second kappa shape index (κ2) is 9.00. The SMILES string of the molecule is CC(C)(C)COCC(C)(C)C.CCOCC. The summed E-state index contributed by atoms with van der Waals surface area (Å²) < 4.78 is 10.4. The topological polar surface area (TPSA) is 18.5 Å². The quantitative estimate of drug-likeness (QED) is 0.725. The Bertz CT molecular complexity index is 124. The summed E-state index contributed by atoms with van der Waals surface area (Å²) in [7, 11) is 0. The average molecular weight is 232 g/mol. The summed E-state index contributed by atoms with van der Waals surface area (Å²) in [6.45, 7) is 20.5. The van der Waals surface area contributed by atoms with Crippen molar-refractivity contribution < 1.29 is 9.47 Å². The monoisotopic (exact) mass is 232 g/mol. The van der Waals surface area contributed by atoms with Gasteiger partial charge in [-0.25, -0.2) is 0 Å². The van der Waals surface area contributed by atoms with Crippen molar-refractivity contribution in [1.29, 1.82) is 0 Å². The largest absolute Gasteiger partial charge is 0.382 e. The molecule has 0 aliphatic heterocycles. The van der Waals surface area contributed by atoms with Gasteiger partial charge in [0.1, 0.15) is 0 Å². The van der Waals surface area contributed by atoms with Gasteiger partial charge >= 0.3 is 0 Å². The Morgan fingerprint density at radius 2 is 0.938 bits per heavy atom. The molecule has 0 spiro atoms. The highest BCUT2D eigenvalue weighted by Crippen LogP contribution is 2.17. The number of rotatable bonds is 4. The molecule has 2 heteroatoms. The molecular weight excluding hydrogens is 200 g/mol. The van der Waals surface area contributed by atoms with Crippen LogP contribution in [-0.2, 0) is 9.47 Å². The minimum Gasteiger partial charge on any atom is -0.382 e. The number of hydrogen-bond acceptors (Lipinski definition) is 2. The third kappa shape index (κ3) is 23.6. The fraction of sp³-hybridized carbons (Fsp3) is 1.00. The van der Waals surface area contributed by atoms with Gasteiger partial charge in [0.25, 0.3) is 0 Å². The van der Waals surface area contributed by atoms with Crippen LogP contribution < -0.4 is 0 Å². The smallest absolute Gasteiger partial charge is 0.0514 e. The molecule has 0 amide bonds. The third-order valence-corrected chi connectivity index (χ3v) is 1.48. The number of hydrogen-bond donors (Lipinski definition) is 0. The summed E-state index contributed by atoms with van der Waals surface area (Å²) in [5.74, 6) is 0. The normalized spacial score (nSPS) is 12.0. The van der Waals surface area contributed by atoms with E-state index in [0.717, 1.165) is 26.4 Å². The van der Waals surface area contributed by atoms with Gasteiger partial charge < -0.3 is 9.47 Å². The summed E-state index contributed by atoms with van der Waals surface area (Å²) in [5, 5.41) is 0. The van der Waals surface area contributed by atoms with Gasteiger partial charge in [0, 0.05) is 13.2 Å². The second-order valence-corrected chi connectivity index (χ2v) is 6.40. The van der Waals surface area contributed by atoms with Crippen molar-refractivity contribution in [2.24, 2.45) is 10.8 Å². The Hall–Kier alpha value is -0.0800. The fourth-order valence-corrected chi connectivity index (χ4v) is 0.868. The molecule has 0 fully saturated rings. The zero-order valence-corrected chi connectivity index (χ0v) is 12.6. The molecule has 0 aromatic rings. The summed E-state index contributed by atoms with van der Waals surface area (Å²) in [6.07, 6.45) is 0. The van der Waals surface area contributed by atoms with Crippen molar-refractivity contribution in [3.8, 4) is 0 Å². The van der Waals surface area contributed by atoms with Gasteiger partial charge in [0.2, 0.25) is 0 Å². The van der Waals surface area contributed by atoms with Crippen molar-refractivity contribution in [2.45, 2.75) is 55.4 Å². The van der Waals surface area contributed by atoms with Crippen molar-refractivity contribution in [1.82, 2.24) is 0 Å². The van der Waals surface area contributed by atoms with Crippen LogP contribution in [0.2, 0.25) is 0 Å². The first-order chi connectivity index (χ1) is 7.12. The van der Waals surface area contributed by atoms with Crippen LogP contribution in [0.15, 0.2) is 0 Å². The molecule has 0 saturated carbocycles. The van der Waals surface area contributed by atoms with Crippen LogP contribution in [0.4, 0.5) is 0 Å². The Kier molecular flexibility index (Phi) is 10.3. The van der Waals surface area contributed by atoms with Crippen molar-refractivity contribution >= 4 is 0 Å². The highest BCUT2D eigenvalue weighted by molar-refractivity contribution is 4.63. The molecule has 0 atom stereocenters. The van der Waals surface area contributed by atoms with E-state index in [1.165, 1.54) is 0 Å². The Morgan fingerprint density at radius 1 is 0.625 bits per heavy atom. The first-order valence-electron chi connectivity index (χ1n) is 6.28. The van der Waals surface area contributed by atoms with E-state index in [4.69, 9.17) is 9.47 Å². The Balaban J connectivity index is 0. The first-order valence-corrected chi connectivity index (χ1v) is 6.28. The van der Waals surface area contributed by atoms with E-state index in [-0.39, 0.29) is 0 Å². The average Bonchev–Trinajstić information content (AvgIpc) is 2.01. The maximum absolute atomic E-state index is 5.56. The minimum atomic E-state index is 0.297. The minimum absolute atomic E-state index is 0.297. The third-order valence-electron chi connectivity index (χ3n) is 1.48. The maximum atomic E-state index is 5.56. The Morgan fingerprint density at radius 3 is 1.06 bits per heavy atom. The predicted octanol–water partition coefficient (Wildman–Crippen LogP) is 4.14. The molecule has 16 heavy (non-hydrogen) atoms. The van der Waals surface area contributed by atoms with Crippen molar-refractivity contribution in [2.75, 3.05) is 26.4 Å². The van der Waals surface area contributed by atoms with Gasteiger partial charge in [-0.15, -0.1) is 0 Å². The van der Waals surface area contributed by atoms with Crippen LogP contribution in [0, 0.1) is 10.8 Å². The lowest BCUT2D eigenvalue weighted by Crippen LogP contribution is -2.21. The van der Waals surface area contributed by atoms with Crippen molar-refractivity contribution in [3.05, 3.63) is 0 Å². The van der Waals surface area contributed by atoms with Gasteiger partial charge in [-0.2, -0.15) is 0 Å². The predicted molar refractivity (Wildman–Crippen MR) is 71.9 cm³/mol. The van der Waals surface area contributed by atoms with E-state index in [0.29, 0.717) is 10.8 Å². The molecular formula is C14H32O2. The molecule has 0 unspecified atom stereocenters. The van der Waals surface area contributed by atoms with Gasteiger partial charge in [-0.05, 0) is 24.7 Å². The molecule has 0 radical (unpaired) electrons. The molecule has 0 rings (SSSR count). The van der Waals surface area contributed by atoms with Crippen LogP contribution >= 0.6 is 0 Å².